The molecule has 6 heteroatoms. The number of nitrogens with zero attached hydrogens (tertiary/aromatic N) is 1. The van der Waals surface area contributed by atoms with Gasteiger partial charge < -0.3 is 10.4 Å². The van der Waals surface area contributed by atoms with E-state index >= 15 is 0 Å². The van der Waals surface area contributed by atoms with Crippen molar-refractivity contribution in [3.05, 3.63) is 47.2 Å². The van der Waals surface area contributed by atoms with Crippen molar-refractivity contribution in [2.45, 2.75) is 12.3 Å². The molecule has 0 saturated heterocycles. The quantitative estimate of drug-likeness (QED) is 0.761. The Morgan fingerprint density at radius 1 is 1.32 bits per heavy atom. The zero-order valence-electron chi connectivity index (χ0n) is 9.88. The summed E-state index contributed by atoms with van der Waals surface area (Å²) in [5.74, 6) is -0.519. The zero-order valence-corrected chi connectivity index (χ0v) is 9.88. The van der Waals surface area contributed by atoms with Gasteiger partial charge in [-0.2, -0.15) is 5.10 Å². The van der Waals surface area contributed by atoms with Crippen LogP contribution >= 0.6 is 0 Å². The highest BCUT2D eigenvalue weighted by molar-refractivity contribution is 5.94. The van der Waals surface area contributed by atoms with Crippen LogP contribution in [0.3, 0.4) is 0 Å². The van der Waals surface area contributed by atoms with Gasteiger partial charge in [-0.25, -0.2) is 4.79 Å². The first-order chi connectivity index (χ1) is 9.15. The summed E-state index contributed by atoms with van der Waals surface area (Å²) >= 11 is 0. The third-order valence-corrected chi connectivity index (χ3v) is 3.26. The molecule has 1 aliphatic heterocycles. The standard InChI is InChI=1S/C13H11N3O3/c17-11-5-9(10-6-14-16-12(10)15-11)7-1-3-8(4-2-7)13(18)19/h1-4,6,9H,5H2,(H,18,19)(H2,14,15,16,17)/t9-/m1/s1. The predicted octanol–water partition coefficient (Wildman–Crippen LogP) is 1.58. The number of H-pyrrole nitrogens is 1. The minimum Gasteiger partial charge on any atom is -0.478 e. The molecular weight excluding hydrogens is 246 g/mol. The van der Waals surface area contributed by atoms with Crippen molar-refractivity contribution in [3.8, 4) is 0 Å². The molecule has 1 aliphatic rings. The largest absolute Gasteiger partial charge is 0.478 e. The van der Waals surface area contributed by atoms with Crippen molar-refractivity contribution in [2.75, 3.05) is 5.32 Å². The van der Waals surface area contributed by atoms with Gasteiger partial charge in [0.1, 0.15) is 5.82 Å². The molecule has 2 heterocycles. The Labute approximate surface area is 108 Å². The Kier molecular flexibility index (Phi) is 2.56. The second kappa shape index (κ2) is 4.24. The van der Waals surface area contributed by atoms with Crippen LogP contribution in [0.2, 0.25) is 0 Å². The summed E-state index contributed by atoms with van der Waals surface area (Å²) in [6, 6.07) is 6.57. The molecule has 2 aromatic rings. The Morgan fingerprint density at radius 3 is 2.74 bits per heavy atom. The second-order valence-electron chi connectivity index (χ2n) is 4.43. The molecule has 6 nitrogen and oxygen atoms in total. The first-order valence-corrected chi connectivity index (χ1v) is 5.81. The molecule has 96 valence electrons. The first-order valence-electron chi connectivity index (χ1n) is 5.81. The lowest BCUT2D eigenvalue weighted by molar-refractivity contribution is -0.116. The van der Waals surface area contributed by atoms with E-state index in [0.717, 1.165) is 11.1 Å². The van der Waals surface area contributed by atoms with Gasteiger partial charge in [0, 0.05) is 17.9 Å². The van der Waals surface area contributed by atoms with Crippen LogP contribution < -0.4 is 5.32 Å². The highest BCUT2D eigenvalue weighted by Gasteiger charge is 2.27. The average molecular weight is 257 g/mol. The van der Waals surface area contributed by atoms with E-state index in [0.29, 0.717) is 12.2 Å². The lowest BCUT2D eigenvalue weighted by Crippen LogP contribution is -2.22. The fraction of sp³-hybridized carbons (Fsp3) is 0.154. The topological polar surface area (TPSA) is 95.1 Å². The summed E-state index contributed by atoms with van der Waals surface area (Å²) in [4.78, 5) is 22.4. The molecule has 1 aromatic carbocycles. The molecule has 0 fully saturated rings. The number of benzene rings is 1. The third-order valence-electron chi connectivity index (χ3n) is 3.26. The number of carbonyl (C=O) groups excluding carboxylic acids is 1. The Hall–Kier alpha value is -2.63. The first kappa shape index (κ1) is 11.5. The lowest BCUT2D eigenvalue weighted by atomic mass is 9.87. The minimum atomic E-state index is -0.961. The van der Waals surface area contributed by atoms with E-state index in [1.54, 1.807) is 30.5 Å². The van der Waals surface area contributed by atoms with Gasteiger partial charge in [0.25, 0.3) is 0 Å². The second-order valence-corrected chi connectivity index (χ2v) is 4.43. The number of anilines is 1. The molecule has 0 spiro atoms. The summed E-state index contributed by atoms with van der Waals surface area (Å²) in [5, 5.41) is 18.3. The summed E-state index contributed by atoms with van der Waals surface area (Å²) in [5.41, 5.74) is 2.06. The molecule has 0 saturated carbocycles. The van der Waals surface area contributed by atoms with Crippen molar-refractivity contribution in [1.29, 1.82) is 0 Å². The lowest BCUT2D eigenvalue weighted by Gasteiger charge is -2.22. The number of rotatable bonds is 2. The smallest absolute Gasteiger partial charge is 0.335 e. The maximum absolute atomic E-state index is 11.6. The van der Waals surface area contributed by atoms with Gasteiger partial charge in [-0.15, -0.1) is 0 Å². The summed E-state index contributed by atoms with van der Waals surface area (Å²) in [6.45, 7) is 0. The van der Waals surface area contributed by atoms with Gasteiger partial charge in [-0.3, -0.25) is 9.89 Å². The van der Waals surface area contributed by atoms with E-state index in [9.17, 15) is 9.59 Å². The molecule has 0 radical (unpaired) electrons. The molecule has 1 atom stereocenters. The number of carboxylic acids is 1. The average Bonchev–Trinajstić information content (AvgIpc) is 2.85. The maximum Gasteiger partial charge on any atom is 0.335 e. The van der Waals surface area contributed by atoms with Crippen LogP contribution in [0.5, 0.6) is 0 Å². The van der Waals surface area contributed by atoms with E-state index < -0.39 is 5.97 Å². The highest BCUT2D eigenvalue weighted by atomic mass is 16.4. The van der Waals surface area contributed by atoms with Gasteiger partial charge in [-0.1, -0.05) is 12.1 Å². The molecule has 0 unspecified atom stereocenters. The molecule has 1 aromatic heterocycles. The molecule has 1 amide bonds. The van der Waals surface area contributed by atoms with Crippen LogP contribution in [-0.4, -0.2) is 27.2 Å². The Balaban J connectivity index is 1.99. The number of nitrogens with one attached hydrogen (secondary N) is 2. The molecule has 19 heavy (non-hydrogen) atoms. The van der Waals surface area contributed by atoms with Crippen molar-refractivity contribution in [2.24, 2.45) is 0 Å². The van der Waals surface area contributed by atoms with Crippen molar-refractivity contribution in [1.82, 2.24) is 10.2 Å². The monoisotopic (exact) mass is 257 g/mol. The molecule has 3 N–H and O–H groups in total. The number of hydrogen-bond donors (Lipinski definition) is 3. The van der Waals surface area contributed by atoms with Gasteiger partial charge in [0.2, 0.25) is 5.91 Å². The molecule has 3 rings (SSSR count). The van der Waals surface area contributed by atoms with Crippen molar-refractivity contribution in [3.63, 3.8) is 0 Å². The van der Waals surface area contributed by atoms with Crippen LogP contribution in [0.1, 0.15) is 33.8 Å². The van der Waals surface area contributed by atoms with Gasteiger partial charge in [-0.05, 0) is 17.7 Å². The van der Waals surface area contributed by atoms with Crippen LogP contribution in [0.15, 0.2) is 30.5 Å². The molecule has 0 bridgehead atoms. The van der Waals surface area contributed by atoms with Gasteiger partial charge in [0.15, 0.2) is 0 Å². The van der Waals surface area contributed by atoms with E-state index in [1.165, 1.54) is 0 Å². The van der Waals surface area contributed by atoms with Crippen molar-refractivity contribution >= 4 is 17.7 Å². The SMILES string of the molecule is O=C1C[C@H](c2ccc(C(=O)O)cc2)c2cn[nH]c2N1. The summed E-state index contributed by atoms with van der Waals surface area (Å²) in [6.07, 6.45) is 2.02. The fourth-order valence-corrected chi connectivity index (χ4v) is 2.30. The zero-order chi connectivity index (χ0) is 13.4. The third kappa shape index (κ3) is 1.97. The van der Waals surface area contributed by atoms with Crippen LogP contribution in [0.25, 0.3) is 0 Å². The number of aromatic carboxylic acids is 1. The number of aromatic nitrogens is 2. The van der Waals surface area contributed by atoms with Gasteiger partial charge >= 0.3 is 5.97 Å². The molecular formula is C13H11N3O3. The van der Waals surface area contributed by atoms with Crippen LogP contribution in [0.4, 0.5) is 5.82 Å². The summed E-state index contributed by atoms with van der Waals surface area (Å²) < 4.78 is 0. The van der Waals surface area contributed by atoms with Crippen LogP contribution in [0, 0.1) is 0 Å². The highest BCUT2D eigenvalue weighted by Crippen LogP contribution is 2.35. The summed E-state index contributed by atoms with van der Waals surface area (Å²) in [7, 11) is 0. The van der Waals surface area contributed by atoms with Gasteiger partial charge in [0.05, 0.1) is 11.8 Å². The Bertz CT molecular complexity index is 645. The number of carbonyl (C=O) groups is 2. The number of aromatic amines is 1. The maximum atomic E-state index is 11.6. The molecule has 0 aliphatic carbocycles. The van der Waals surface area contributed by atoms with Crippen LogP contribution in [-0.2, 0) is 4.79 Å². The number of fused-ring (bicyclic) bond motifs is 1. The van der Waals surface area contributed by atoms with E-state index in [4.69, 9.17) is 5.11 Å². The normalized spacial score (nSPS) is 17.7. The number of carboxylic acid groups (broad SMARTS) is 1. The predicted molar refractivity (Wildman–Crippen MR) is 67.1 cm³/mol. The van der Waals surface area contributed by atoms with E-state index in [1.807, 2.05) is 0 Å². The minimum absolute atomic E-state index is 0.0796. The number of hydrogen-bond acceptors (Lipinski definition) is 3. The number of amides is 1. The van der Waals surface area contributed by atoms with Crippen molar-refractivity contribution < 1.29 is 14.7 Å². The Morgan fingerprint density at radius 2 is 2.05 bits per heavy atom. The fourth-order valence-electron chi connectivity index (χ4n) is 2.30. The van der Waals surface area contributed by atoms with E-state index in [2.05, 4.69) is 15.5 Å². The van der Waals surface area contributed by atoms with E-state index in [-0.39, 0.29) is 17.4 Å².